The Labute approximate surface area is 236 Å². The second-order valence-corrected chi connectivity index (χ2v) is 9.31. The average molecular weight is 557 g/mol. The number of likely N-dealkylation sites (tertiary alicyclic amines) is 1. The number of amides is 2. The third-order valence-corrected chi connectivity index (χ3v) is 6.79. The number of carbonyl (C=O) groups excluding carboxylic acids is 2. The van der Waals surface area contributed by atoms with Crippen molar-refractivity contribution >= 4 is 42.5 Å². The Balaban J connectivity index is 0.00000253. The number of aryl methyl sites for hydroxylation is 1. The van der Waals surface area contributed by atoms with Crippen molar-refractivity contribution in [1.29, 1.82) is 5.41 Å². The van der Waals surface area contributed by atoms with E-state index in [0.717, 1.165) is 16.7 Å². The number of benzene rings is 3. The van der Waals surface area contributed by atoms with Crippen LogP contribution in [0.2, 0.25) is 0 Å². The lowest BCUT2D eigenvalue weighted by Crippen LogP contribution is -2.51. The molecule has 0 radical (unpaired) electrons. The molecule has 6 N–H and O–H groups in total. The molecule has 2 unspecified atom stereocenters. The molecule has 4 rings (SSSR count). The second kappa shape index (κ2) is 14.5. The van der Waals surface area contributed by atoms with Crippen molar-refractivity contribution in [3.8, 4) is 0 Å². The number of nitrogens with one attached hydrogen (secondary N) is 2. The minimum atomic E-state index is -0.672. The maximum atomic E-state index is 13.4. The Morgan fingerprint density at radius 1 is 0.921 bits per heavy atom. The highest BCUT2D eigenvalue weighted by Gasteiger charge is 2.41. The maximum absolute atomic E-state index is 13.4. The molecular weight excluding hydrogens is 521 g/mol. The van der Waals surface area contributed by atoms with E-state index in [0.29, 0.717) is 37.9 Å². The molecule has 9 heteroatoms. The highest BCUT2D eigenvalue weighted by atomic mass is 35.5. The molecule has 0 spiro atoms. The number of halogens is 2. The van der Waals surface area contributed by atoms with Crippen LogP contribution in [0, 0.1) is 5.41 Å². The van der Waals surface area contributed by atoms with Gasteiger partial charge in [-0.05, 0) is 36.0 Å². The van der Waals surface area contributed by atoms with E-state index in [1.807, 2.05) is 72.8 Å². The summed E-state index contributed by atoms with van der Waals surface area (Å²) in [6, 6.07) is 25.9. The molecule has 3 aromatic rings. The van der Waals surface area contributed by atoms with Crippen molar-refractivity contribution in [2.45, 2.75) is 43.8 Å². The molecule has 1 aliphatic rings. The van der Waals surface area contributed by atoms with E-state index >= 15 is 0 Å². The summed E-state index contributed by atoms with van der Waals surface area (Å²) >= 11 is 0. The van der Waals surface area contributed by atoms with Gasteiger partial charge in [0.2, 0.25) is 11.8 Å². The number of nitrogens with two attached hydrogens (primary N) is 2. The highest BCUT2D eigenvalue weighted by Crippen LogP contribution is 2.32. The van der Waals surface area contributed by atoms with Gasteiger partial charge in [-0.25, -0.2) is 0 Å². The third kappa shape index (κ3) is 7.81. The molecule has 3 atom stereocenters. The first-order valence-electron chi connectivity index (χ1n) is 12.3. The van der Waals surface area contributed by atoms with Crippen LogP contribution in [0.1, 0.15) is 41.0 Å². The summed E-state index contributed by atoms with van der Waals surface area (Å²) < 4.78 is 0. The summed E-state index contributed by atoms with van der Waals surface area (Å²) in [5, 5.41) is 10.5. The second-order valence-electron chi connectivity index (χ2n) is 9.31. The lowest BCUT2D eigenvalue weighted by molar-refractivity contribution is -0.139. The van der Waals surface area contributed by atoms with Crippen molar-refractivity contribution in [2.75, 3.05) is 6.54 Å². The van der Waals surface area contributed by atoms with Crippen LogP contribution in [-0.2, 0) is 22.6 Å². The maximum Gasteiger partial charge on any atom is 0.243 e. The first-order chi connectivity index (χ1) is 17.4. The van der Waals surface area contributed by atoms with Crippen LogP contribution in [0.15, 0.2) is 84.9 Å². The summed E-state index contributed by atoms with van der Waals surface area (Å²) in [7, 11) is 0. The summed E-state index contributed by atoms with van der Waals surface area (Å²) in [4.78, 5) is 28.4. The van der Waals surface area contributed by atoms with Crippen molar-refractivity contribution in [1.82, 2.24) is 10.2 Å². The van der Waals surface area contributed by atoms with Crippen LogP contribution in [0.3, 0.4) is 0 Å². The zero-order valence-corrected chi connectivity index (χ0v) is 22.7. The Hall–Kier alpha value is -3.39. The molecule has 1 aliphatic heterocycles. The van der Waals surface area contributed by atoms with Crippen LogP contribution in [0.5, 0.6) is 0 Å². The van der Waals surface area contributed by atoms with Gasteiger partial charge in [0.25, 0.3) is 0 Å². The summed E-state index contributed by atoms with van der Waals surface area (Å²) in [6.07, 6.45) is 1.78. The number of hydrogen-bond donors (Lipinski definition) is 4. The molecule has 2 amide bonds. The van der Waals surface area contributed by atoms with Crippen molar-refractivity contribution in [3.05, 3.63) is 107 Å². The van der Waals surface area contributed by atoms with Gasteiger partial charge < -0.3 is 21.7 Å². The van der Waals surface area contributed by atoms with Gasteiger partial charge in [-0.1, -0.05) is 84.9 Å². The van der Waals surface area contributed by atoms with Gasteiger partial charge >= 0.3 is 0 Å². The molecule has 0 bridgehead atoms. The van der Waals surface area contributed by atoms with Gasteiger partial charge in [-0.3, -0.25) is 15.0 Å². The summed E-state index contributed by atoms with van der Waals surface area (Å²) in [5.41, 5.74) is 15.6. The molecule has 202 valence electrons. The number of amidine groups is 1. The Kier molecular flexibility index (Phi) is 11.8. The van der Waals surface area contributed by atoms with E-state index in [2.05, 4.69) is 5.32 Å². The minimum Gasteiger partial charge on any atom is -0.384 e. The lowest BCUT2D eigenvalue weighted by Gasteiger charge is -2.27. The van der Waals surface area contributed by atoms with Crippen LogP contribution >= 0.6 is 24.8 Å². The van der Waals surface area contributed by atoms with E-state index in [1.54, 1.807) is 17.0 Å². The number of carbonyl (C=O) groups is 2. The van der Waals surface area contributed by atoms with Crippen LogP contribution in [0.4, 0.5) is 0 Å². The third-order valence-electron chi connectivity index (χ3n) is 6.79. The number of nitrogen functional groups attached to an aromatic ring is 1. The SMILES string of the molecule is Cl.Cl.N=C(N)c1ccc(CNC(=O)[C@@H]2CC(c3ccccc3)CN2C(=O)C(N)CCc2ccccc2)cc1. The molecule has 7 nitrogen and oxygen atoms in total. The summed E-state index contributed by atoms with van der Waals surface area (Å²) in [5.74, 6) is -0.300. The molecule has 1 saturated heterocycles. The standard InChI is InChI=1S/C29H33N5O2.2ClH/c30-25(16-13-20-7-3-1-4-8-20)29(36)34-19-24(22-9-5-2-6-10-22)17-26(34)28(35)33-18-21-11-14-23(15-12-21)27(31)32;;/h1-12,14-15,24-26H,13,16-19,30H2,(H3,31,32)(H,33,35);2*1H/t24?,25?,26-;;/m0../s1. The smallest absolute Gasteiger partial charge is 0.243 e. The predicted molar refractivity (Wildman–Crippen MR) is 156 cm³/mol. The highest BCUT2D eigenvalue weighted by molar-refractivity contribution is 5.95. The van der Waals surface area contributed by atoms with Crippen molar-refractivity contribution < 1.29 is 9.59 Å². The van der Waals surface area contributed by atoms with E-state index < -0.39 is 12.1 Å². The van der Waals surface area contributed by atoms with E-state index in [9.17, 15) is 9.59 Å². The van der Waals surface area contributed by atoms with Crippen LogP contribution in [-0.4, -0.2) is 41.2 Å². The Morgan fingerprint density at radius 2 is 1.53 bits per heavy atom. The first kappa shape index (κ1) is 30.8. The zero-order chi connectivity index (χ0) is 25.5. The van der Waals surface area contributed by atoms with Gasteiger partial charge in [0.15, 0.2) is 0 Å². The predicted octanol–water partition coefficient (Wildman–Crippen LogP) is 3.78. The minimum absolute atomic E-state index is 0. The fourth-order valence-corrected chi connectivity index (χ4v) is 4.71. The van der Waals surface area contributed by atoms with E-state index in [1.165, 1.54) is 0 Å². The molecule has 1 fully saturated rings. The van der Waals surface area contributed by atoms with Crippen LogP contribution < -0.4 is 16.8 Å². The number of rotatable bonds is 9. The molecule has 38 heavy (non-hydrogen) atoms. The van der Waals surface area contributed by atoms with E-state index in [-0.39, 0.29) is 48.4 Å². The van der Waals surface area contributed by atoms with Crippen molar-refractivity contribution in [3.63, 3.8) is 0 Å². The molecule has 1 heterocycles. The molecule has 0 aliphatic carbocycles. The fraction of sp³-hybridized carbons (Fsp3) is 0.276. The quantitative estimate of drug-likeness (QED) is 0.237. The number of nitrogens with zero attached hydrogens (tertiary/aromatic N) is 1. The van der Waals surface area contributed by atoms with Gasteiger partial charge in [-0.15, -0.1) is 24.8 Å². The van der Waals surface area contributed by atoms with Gasteiger partial charge in [0, 0.05) is 24.6 Å². The first-order valence-corrected chi connectivity index (χ1v) is 12.3. The number of hydrogen-bond acceptors (Lipinski definition) is 4. The Morgan fingerprint density at radius 3 is 2.13 bits per heavy atom. The normalized spacial score (nSPS) is 17.0. The molecule has 3 aromatic carbocycles. The molecule has 0 aromatic heterocycles. The topological polar surface area (TPSA) is 125 Å². The zero-order valence-electron chi connectivity index (χ0n) is 21.1. The molecule has 0 saturated carbocycles. The summed E-state index contributed by atoms with van der Waals surface area (Å²) in [6.45, 7) is 0.791. The van der Waals surface area contributed by atoms with Gasteiger partial charge in [0.1, 0.15) is 11.9 Å². The molecular formula is C29H35Cl2N5O2. The van der Waals surface area contributed by atoms with Gasteiger partial charge in [-0.2, -0.15) is 0 Å². The van der Waals surface area contributed by atoms with E-state index in [4.69, 9.17) is 16.9 Å². The fourth-order valence-electron chi connectivity index (χ4n) is 4.71. The van der Waals surface area contributed by atoms with Gasteiger partial charge in [0.05, 0.1) is 6.04 Å². The monoisotopic (exact) mass is 555 g/mol. The lowest BCUT2D eigenvalue weighted by atomic mass is 9.96. The van der Waals surface area contributed by atoms with Crippen molar-refractivity contribution in [2.24, 2.45) is 11.5 Å². The Bertz CT molecular complexity index is 1190. The average Bonchev–Trinajstić information content (AvgIpc) is 3.37. The largest absolute Gasteiger partial charge is 0.384 e. The van der Waals surface area contributed by atoms with Crippen LogP contribution in [0.25, 0.3) is 0 Å².